The van der Waals surface area contributed by atoms with Gasteiger partial charge in [-0.05, 0) is 17.3 Å². The second-order valence-electron chi connectivity index (χ2n) is 3.26. The van der Waals surface area contributed by atoms with Gasteiger partial charge in [0.2, 0.25) is 5.13 Å². The van der Waals surface area contributed by atoms with E-state index in [4.69, 9.17) is 0 Å². The molecule has 0 aliphatic heterocycles. The topological polar surface area (TPSA) is 111 Å². The lowest BCUT2D eigenvalue weighted by molar-refractivity contribution is 0.0596. The summed E-state index contributed by atoms with van der Waals surface area (Å²) in [4.78, 5) is 11.3. The van der Waals surface area contributed by atoms with Crippen LogP contribution in [0.15, 0.2) is 29.2 Å². The van der Waals surface area contributed by atoms with Gasteiger partial charge in [0.1, 0.15) is 4.90 Å². The van der Waals surface area contributed by atoms with Crippen molar-refractivity contribution in [2.45, 2.75) is 4.90 Å². The van der Waals surface area contributed by atoms with Gasteiger partial charge < -0.3 is 4.74 Å². The smallest absolute Gasteiger partial charge is 0.339 e. The predicted molar refractivity (Wildman–Crippen MR) is 66.3 cm³/mol. The van der Waals surface area contributed by atoms with Crippen LogP contribution in [0.5, 0.6) is 0 Å². The van der Waals surface area contributed by atoms with Gasteiger partial charge in [-0.25, -0.2) is 13.2 Å². The molecule has 19 heavy (non-hydrogen) atoms. The van der Waals surface area contributed by atoms with E-state index in [2.05, 4.69) is 24.3 Å². The lowest BCUT2D eigenvalue weighted by Gasteiger charge is -2.08. The number of esters is 1. The quantitative estimate of drug-likeness (QED) is 0.819. The van der Waals surface area contributed by atoms with Crippen LogP contribution < -0.4 is 4.72 Å². The van der Waals surface area contributed by atoms with E-state index in [1.54, 1.807) is 0 Å². The summed E-state index contributed by atoms with van der Waals surface area (Å²) in [6.45, 7) is 0. The maximum absolute atomic E-state index is 12.1. The van der Waals surface area contributed by atoms with Crippen LogP contribution in [-0.2, 0) is 14.8 Å². The lowest BCUT2D eigenvalue weighted by Crippen LogP contribution is -2.17. The summed E-state index contributed by atoms with van der Waals surface area (Å²) in [7, 11) is -2.78. The molecule has 0 spiro atoms. The van der Waals surface area contributed by atoms with Gasteiger partial charge in [0.05, 0.1) is 12.7 Å². The average Bonchev–Trinajstić information content (AvgIpc) is 2.90. The average molecular weight is 300 g/mol. The Morgan fingerprint density at radius 3 is 2.74 bits per heavy atom. The molecule has 0 amide bonds. The fraction of sp³-hybridized carbons (Fsp3) is 0.111. The Morgan fingerprint density at radius 1 is 1.37 bits per heavy atom. The largest absolute Gasteiger partial charge is 0.465 e. The standard InChI is InChI=1S/C9H8N4O4S2/c1-17-8(14)6-4-2-3-5-7(6)19(15,16)11-9-10-12-13-18-9/h2-5H,1H3,(H,10,11,13). The third-order valence-electron chi connectivity index (χ3n) is 2.10. The van der Waals surface area contributed by atoms with Crippen LogP contribution in [0.1, 0.15) is 10.4 Å². The molecule has 2 aromatic rings. The van der Waals surface area contributed by atoms with Crippen LogP contribution in [-0.4, -0.2) is 36.3 Å². The first kappa shape index (κ1) is 13.4. The van der Waals surface area contributed by atoms with Crippen molar-refractivity contribution in [3.8, 4) is 0 Å². The first-order valence-electron chi connectivity index (χ1n) is 4.90. The van der Waals surface area contributed by atoms with E-state index in [1.165, 1.54) is 31.4 Å². The number of hydrogen-bond donors (Lipinski definition) is 1. The highest BCUT2D eigenvalue weighted by molar-refractivity contribution is 7.93. The lowest BCUT2D eigenvalue weighted by atomic mass is 10.2. The number of carbonyl (C=O) groups excluding carboxylic acids is 1. The highest BCUT2D eigenvalue weighted by atomic mass is 32.2. The van der Waals surface area contributed by atoms with Gasteiger partial charge in [0.25, 0.3) is 10.0 Å². The highest BCUT2D eigenvalue weighted by Gasteiger charge is 2.23. The molecule has 0 bridgehead atoms. The van der Waals surface area contributed by atoms with Crippen molar-refractivity contribution in [1.82, 2.24) is 14.8 Å². The molecule has 10 heteroatoms. The zero-order valence-corrected chi connectivity index (χ0v) is 11.2. The molecule has 2 rings (SSSR count). The molecule has 0 fully saturated rings. The number of sulfonamides is 1. The minimum atomic E-state index is -3.95. The Kier molecular flexibility index (Phi) is 3.71. The summed E-state index contributed by atoms with van der Waals surface area (Å²) in [6.07, 6.45) is 0. The SMILES string of the molecule is COC(=O)c1ccccc1S(=O)(=O)Nc1nnns1. The van der Waals surface area contributed by atoms with E-state index in [0.29, 0.717) is 0 Å². The van der Waals surface area contributed by atoms with Gasteiger partial charge in [-0.2, -0.15) is 0 Å². The van der Waals surface area contributed by atoms with Crippen molar-refractivity contribution in [2.75, 3.05) is 11.8 Å². The number of rotatable bonds is 4. The maximum Gasteiger partial charge on any atom is 0.339 e. The number of nitrogens with one attached hydrogen (secondary N) is 1. The molecular formula is C9H8N4O4S2. The monoisotopic (exact) mass is 300 g/mol. The molecule has 8 nitrogen and oxygen atoms in total. The number of methoxy groups -OCH3 is 1. The number of anilines is 1. The molecular weight excluding hydrogens is 292 g/mol. The van der Waals surface area contributed by atoms with Crippen molar-refractivity contribution in [3.63, 3.8) is 0 Å². The zero-order valence-electron chi connectivity index (χ0n) is 9.60. The number of hydrogen-bond acceptors (Lipinski definition) is 8. The third kappa shape index (κ3) is 2.85. The van der Waals surface area contributed by atoms with Crippen LogP contribution >= 0.6 is 11.5 Å². The highest BCUT2D eigenvalue weighted by Crippen LogP contribution is 2.20. The summed E-state index contributed by atoms with van der Waals surface area (Å²) in [5.74, 6) is -0.739. The van der Waals surface area contributed by atoms with Crippen LogP contribution in [0.25, 0.3) is 0 Å². The second kappa shape index (κ2) is 5.28. The van der Waals surface area contributed by atoms with Crippen molar-refractivity contribution in [3.05, 3.63) is 29.8 Å². The number of ether oxygens (including phenoxy) is 1. The molecule has 100 valence electrons. The second-order valence-corrected chi connectivity index (χ2v) is 5.64. The molecule has 0 atom stereocenters. The van der Waals surface area contributed by atoms with E-state index in [9.17, 15) is 13.2 Å². The summed E-state index contributed by atoms with van der Waals surface area (Å²) < 4.78 is 34.4. The number of nitrogens with zero attached hydrogens (tertiary/aromatic N) is 3. The van der Waals surface area contributed by atoms with Crippen molar-refractivity contribution in [2.24, 2.45) is 0 Å². The minimum absolute atomic E-state index is 0.0136. The first-order chi connectivity index (χ1) is 9.04. The summed E-state index contributed by atoms with van der Waals surface area (Å²) in [5.41, 5.74) is -0.0602. The van der Waals surface area contributed by atoms with Crippen LogP contribution in [0.3, 0.4) is 0 Å². The van der Waals surface area contributed by atoms with Gasteiger partial charge in [0.15, 0.2) is 0 Å². The number of aromatic nitrogens is 3. The fourth-order valence-corrected chi connectivity index (χ4v) is 3.10. The van der Waals surface area contributed by atoms with Crippen molar-refractivity contribution < 1.29 is 17.9 Å². The maximum atomic E-state index is 12.1. The summed E-state index contributed by atoms with van der Waals surface area (Å²) in [5, 5.41) is 6.76. The van der Waals surface area contributed by atoms with E-state index in [-0.39, 0.29) is 15.6 Å². The molecule has 1 aromatic heterocycles. The predicted octanol–water partition coefficient (Wildman–Crippen LogP) is 0.520. The van der Waals surface area contributed by atoms with Crippen LogP contribution in [0, 0.1) is 0 Å². The van der Waals surface area contributed by atoms with Crippen LogP contribution in [0.4, 0.5) is 5.13 Å². The van der Waals surface area contributed by atoms with E-state index < -0.39 is 16.0 Å². The van der Waals surface area contributed by atoms with Crippen molar-refractivity contribution >= 4 is 32.7 Å². The number of carbonyl (C=O) groups is 1. The zero-order chi connectivity index (χ0) is 13.9. The van der Waals surface area contributed by atoms with Crippen molar-refractivity contribution in [1.29, 1.82) is 0 Å². The van der Waals surface area contributed by atoms with Gasteiger partial charge in [-0.3, -0.25) is 4.72 Å². The van der Waals surface area contributed by atoms with Gasteiger partial charge >= 0.3 is 5.97 Å². The molecule has 1 N–H and O–H groups in total. The van der Waals surface area contributed by atoms with E-state index in [0.717, 1.165) is 11.5 Å². The van der Waals surface area contributed by atoms with Gasteiger partial charge in [-0.1, -0.05) is 21.7 Å². The molecule has 1 heterocycles. The Morgan fingerprint density at radius 2 is 2.11 bits per heavy atom. The Bertz CT molecular complexity index is 684. The Labute approximate surface area is 112 Å². The molecule has 0 saturated carbocycles. The summed E-state index contributed by atoms with van der Waals surface area (Å²) in [6, 6.07) is 5.69. The van der Waals surface area contributed by atoms with E-state index >= 15 is 0 Å². The molecule has 0 radical (unpaired) electrons. The summed E-state index contributed by atoms with van der Waals surface area (Å²) >= 11 is 0.786. The first-order valence-corrected chi connectivity index (χ1v) is 7.15. The Balaban J connectivity index is 2.43. The molecule has 0 aliphatic rings. The van der Waals surface area contributed by atoms with Gasteiger partial charge in [0, 0.05) is 11.5 Å². The van der Waals surface area contributed by atoms with E-state index in [1.807, 2.05) is 0 Å². The fourth-order valence-electron chi connectivity index (χ4n) is 1.32. The van der Waals surface area contributed by atoms with Crippen LogP contribution in [0.2, 0.25) is 0 Å². The molecule has 1 aromatic carbocycles. The minimum Gasteiger partial charge on any atom is -0.465 e. The third-order valence-corrected chi connectivity index (χ3v) is 4.14. The molecule has 0 unspecified atom stereocenters. The van der Waals surface area contributed by atoms with Gasteiger partial charge in [-0.15, -0.1) is 0 Å². The normalized spacial score (nSPS) is 11.0. The molecule has 0 aliphatic carbocycles. The number of benzene rings is 1. The Hall–Kier alpha value is -2.07. The molecule has 0 saturated heterocycles.